The summed E-state index contributed by atoms with van der Waals surface area (Å²) in [6.07, 6.45) is 2.98. The van der Waals surface area contributed by atoms with E-state index in [9.17, 15) is 5.11 Å². The molecule has 1 aromatic rings. The van der Waals surface area contributed by atoms with E-state index in [1.54, 1.807) is 0 Å². The van der Waals surface area contributed by atoms with Crippen molar-refractivity contribution in [3.63, 3.8) is 0 Å². The van der Waals surface area contributed by atoms with E-state index in [4.69, 9.17) is 0 Å². The minimum Gasteiger partial charge on any atom is -0.393 e. The van der Waals surface area contributed by atoms with Crippen molar-refractivity contribution < 1.29 is 5.11 Å². The maximum absolute atomic E-state index is 10.1. The molecule has 16 heavy (non-hydrogen) atoms. The molecule has 1 aliphatic rings. The lowest BCUT2D eigenvalue weighted by atomic mass is 9.53. The molecule has 1 heteroatoms. The summed E-state index contributed by atoms with van der Waals surface area (Å²) in [5.74, 6) is 0.553. The van der Waals surface area contributed by atoms with Gasteiger partial charge in [-0.25, -0.2) is 0 Å². The van der Waals surface area contributed by atoms with Gasteiger partial charge in [-0.05, 0) is 37.7 Å². The largest absolute Gasteiger partial charge is 0.393 e. The first-order valence-electron chi connectivity index (χ1n) is 6.38. The summed E-state index contributed by atoms with van der Waals surface area (Å²) in [5, 5.41) is 10.1. The van der Waals surface area contributed by atoms with Gasteiger partial charge >= 0.3 is 0 Å². The summed E-state index contributed by atoms with van der Waals surface area (Å²) in [6.45, 7) is 6.54. The topological polar surface area (TPSA) is 20.2 Å². The van der Waals surface area contributed by atoms with E-state index < -0.39 is 0 Å². The zero-order valence-corrected chi connectivity index (χ0v) is 10.5. The number of rotatable bonds is 3. The third-order valence-electron chi connectivity index (χ3n) is 4.58. The minimum absolute atomic E-state index is 0.104. The molecule has 2 rings (SSSR count). The Hall–Kier alpha value is -0.820. The van der Waals surface area contributed by atoms with Gasteiger partial charge in [0.05, 0.1) is 6.10 Å². The maximum Gasteiger partial charge on any atom is 0.0608 e. The van der Waals surface area contributed by atoms with Crippen LogP contribution in [0.3, 0.4) is 0 Å². The lowest BCUT2D eigenvalue weighted by molar-refractivity contribution is -0.0932. The van der Waals surface area contributed by atoms with Crippen LogP contribution in [0.25, 0.3) is 0 Å². The van der Waals surface area contributed by atoms with E-state index in [1.807, 2.05) is 0 Å². The number of hydrogen-bond donors (Lipinski definition) is 1. The Balaban J connectivity index is 2.29. The van der Waals surface area contributed by atoms with E-state index >= 15 is 0 Å². The Morgan fingerprint density at radius 1 is 1.31 bits per heavy atom. The summed E-state index contributed by atoms with van der Waals surface area (Å²) >= 11 is 0. The van der Waals surface area contributed by atoms with Crippen LogP contribution in [0.5, 0.6) is 0 Å². The van der Waals surface area contributed by atoms with Gasteiger partial charge in [0.25, 0.3) is 0 Å². The highest BCUT2D eigenvalue weighted by Crippen LogP contribution is 2.57. The summed E-state index contributed by atoms with van der Waals surface area (Å²) < 4.78 is 0. The van der Waals surface area contributed by atoms with Gasteiger partial charge in [0.15, 0.2) is 0 Å². The van der Waals surface area contributed by atoms with Crippen LogP contribution in [0.4, 0.5) is 0 Å². The summed E-state index contributed by atoms with van der Waals surface area (Å²) in [6, 6.07) is 8.75. The SMILES string of the molecule is CCC1(CC)C(O)CC1c1cccc(C)c1. The molecule has 1 N–H and O–H groups in total. The van der Waals surface area contributed by atoms with Crippen molar-refractivity contribution in [3.8, 4) is 0 Å². The molecule has 1 aliphatic carbocycles. The van der Waals surface area contributed by atoms with Gasteiger partial charge in [-0.1, -0.05) is 43.7 Å². The van der Waals surface area contributed by atoms with Crippen LogP contribution in [0, 0.1) is 12.3 Å². The molecular formula is C15H22O. The highest BCUT2D eigenvalue weighted by Gasteiger charge is 2.52. The first-order valence-corrected chi connectivity index (χ1v) is 6.38. The summed E-state index contributed by atoms with van der Waals surface area (Å²) in [4.78, 5) is 0. The van der Waals surface area contributed by atoms with E-state index in [-0.39, 0.29) is 11.5 Å². The van der Waals surface area contributed by atoms with Crippen molar-refractivity contribution in [1.82, 2.24) is 0 Å². The standard InChI is InChI=1S/C15H22O/c1-4-15(5-2)13(10-14(15)16)12-8-6-7-11(3)9-12/h6-9,13-14,16H,4-5,10H2,1-3H3. The second kappa shape index (κ2) is 4.21. The lowest BCUT2D eigenvalue weighted by Gasteiger charge is -2.54. The van der Waals surface area contributed by atoms with E-state index in [2.05, 4.69) is 45.0 Å². The molecule has 0 saturated heterocycles. The van der Waals surface area contributed by atoms with Crippen LogP contribution in [0.1, 0.15) is 50.2 Å². The summed E-state index contributed by atoms with van der Waals surface area (Å²) in [5.41, 5.74) is 2.86. The fourth-order valence-electron chi connectivity index (χ4n) is 3.33. The molecule has 1 saturated carbocycles. The van der Waals surface area contributed by atoms with Gasteiger partial charge in [0, 0.05) is 5.41 Å². The molecule has 2 unspecified atom stereocenters. The molecule has 0 aliphatic heterocycles. The number of aliphatic hydroxyl groups is 1. The van der Waals surface area contributed by atoms with Crippen molar-refractivity contribution in [1.29, 1.82) is 0 Å². The molecule has 0 spiro atoms. The highest BCUT2D eigenvalue weighted by atomic mass is 16.3. The molecular weight excluding hydrogens is 196 g/mol. The van der Waals surface area contributed by atoms with Crippen LogP contribution in [-0.2, 0) is 0 Å². The zero-order valence-electron chi connectivity index (χ0n) is 10.5. The molecule has 1 fully saturated rings. The second-order valence-electron chi connectivity index (χ2n) is 5.16. The van der Waals surface area contributed by atoms with Gasteiger partial charge in [0.2, 0.25) is 0 Å². The molecule has 0 radical (unpaired) electrons. The van der Waals surface area contributed by atoms with Crippen LogP contribution in [0.2, 0.25) is 0 Å². The molecule has 0 bridgehead atoms. The van der Waals surface area contributed by atoms with Crippen molar-refractivity contribution in [2.45, 2.75) is 52.1 Å². The lowest BCUT2D eigenvalue weighted by Crippen LogP contribution is -2.50. The van der Waals surface area contributed by atoms with Crippen LogP contribution >= 0.6 is 0 Å². The number of aryl methyl sites for hydroxylation is 1. The predicted octanol–water partition coefficient (Wildman–Crippen LogP) is 3.65. The highest BCUT2D eigenvalue weighted by molar-refractivity contribution is 5.31. The van der Waals surface area contributed by atoms with Crippen molar-refractivity contribution in [2.75, 3.05) is 0 Å². The molecule has 0 aromatic heterocycles. The fraction of sp³-hybridized carbons (Fsp3) is 0.600. The zero-order chi connectivity index (χ0) is 11.8. The average Bonchev–Trinajstić information content (AvgIpc) is 2.27. The Labute approximate surface area is 98.5 Å². The quantitative estimate of drug-likeness (QED) is 0.821. The van der Waals surface area contributed by atoms with Crippen molar-refractivity contribution in [2.24, 2.45) is 5.41 Å². The number of benzene rings is 1. The van der Waals surface area contributed by atoms with E-state index in [0.29, 0.717) is 5.92 Å². The molecule has 0 heterocycles. The smallest absolute Gasteiger partial charge is 0.0608 e. The Morgan fingerprint density at radius 3 is 2.50 bits per heavy atom. The number of hydrogen-bond acceptors (Lipinski definition) is 1. The summed E-state index contributed by atoms with van der Waals surface area (Å²) in [7, 11) is 0. The second-order valence-corrected chi connectivity index (χ2v) is 5.16. The Kier molecular flexibility index (Phi) is 3.07. The maximum atomic E-state index is 10.1. The van der Waals surface area contributed by atoms with Gasteiger partial charge in [-0.3, -0.25) is 0 Å². The fourth-order valence-corrected chi connectivity index (χ4v) is 3.33. The minimum atomic E-state index is -0.104. The molecule has 0 amide bonds. The normalized spacial score (nSPS) is 27.5. The van der Waals surface area contributed by atoms with E-state index in [1.165, 1.54) is 11.1 Å². The third kappa shape index (κ3) is 1.58. The van der Waals surface area contributed by atoms with Gasteiger partial charge in [0.1, 0.15) is 0 Å². The van der Waals surface area contributed by atoms with Gasteiger partial charge in [-0.15, -0.1) is 0 Å². The number of aliphatic hydroxyl groups excluding tert-OH is 1. The Bertz CT molecular complexity index is 365. The van der Waals surface area contributed by atoms with Crippen LogP contribution in [0.15, 0.2) is 24.3 Å². The first-order chi connectivity index (χ1) is 7.64. The molecule has 2 atom stereocenters. The first kappa shape index (κ1) is 11.7. The molecule has 1 nitrogen and oxygen atoms in total. The van der Waals surface area contributed by atoms with Gasteiger partial charge < -0.3 is 5.11 Å². The van der Waals surface area contributed by atoms with Gasteiger partial charge in [-0.2, -0.15) is 0 Å². The van der Waals surface area contributed by atoms with E-state index in [0.717, 1.165) is 19.3 Å². The van der Waals surface area contributed by atoms with Crippen LogP contribution in [-0.4, -0.2) is 11.2 Å². The molecule has 1 aromatic carbocycles. The molecule has 88 valence electrons. The van der Waals surface area contributed by atoms with Crippen LogP contribution < -0.4 is 0 Å². The Morgan fingerprint density at radius 2 is 2.00 bits per heavy atom. The van der Waals surface area contributed by atoms with Crippen molar-refractivity contribution >= 4 is 0 Å². The average molecular weight is 218 g/mol. The van der Waals surface area contributed by atoms with Crippen molar-refractivity contribution in [3.05, 3.63) is 35.4 Å². The predicted molar refractivity (Wildman–Crippen MR) is 67.6 cm³/mol. The third-order valence-corrected chi connectivity index (χ3v) is 4.58. The monoisotopic (exact) mass is 218 g/mol.